The third kappa shape index (κ3) is 3.49. The van der Waals surface area contributed by atoms with Gasteiger partial charge in [-0.15, -0.1) is 11.3 Å². The Morgan fingerprint density at radius 3 is 2.74 bits per heavy atom. The first-order chi connectivity index (χ1) is 9.10. The van der Waals surface area contributed by atoms with Crippen molar-refractivity contribution in [3.8, 4) is 0 Å². The Bertz CT molecular complexity index is 595. The van der Waals surface area contributed by atoms with E-state index in [9.17, 15) is 4.79 Å². The summed E-state index contributed by atoms with van der Waals surface area (Å²) >= 11 is 7.61. The highest BCUT2D eigenvalue weighted by molar-refractivity contribution is 7.11. The predicted molar refractivity (Wildman–Crippen MR) is 81.2 cm³/mol. The van der Waals surface area contributed by atoms with E-state index in [0.717, 1.165) is 10.6 Å². The lowest BCUT2D eigenvalue weighted by Gasteiger charge is -2.09. The topological polar surface area (TPSA) is 41.1 Å². The van der Waals surface area contributed by atoms with Crippen LogP contribution in [0.25, 0.3) is 0 Å². The summed E-state index contributed by atoms with van der Waals surface area (Å²) < 4.78 is 0. The maximum atomic E-state index is 12.2. The molecule has 0 aliphatic heterocycles. The number of carbonyl (C=O) groups excluding carboxylic acids is 1. The Morgan fingerprint density at radius 2 is 2.11 bits per heavy atom. The molecule has 1 aromatic heterocycles. The van der Waals surface area contributed by atoms with Gasteiger partial charge in [0.05, 0.1) is 12.1 Å². The van der Waals surface area contributed by atoms with Crippen molar-refractivity contribution in [2.45, 2.75) is 13.5 Å². The van der Waals surface area contributed by atoms with Crippen molar-refractivity contribution < 1.29 is 4.79 Å². The van der Waals surface area contributed by atoms with Crippen molar-refractivity contribution in [3.63, 3.8) is 0 Å². The van der Waals surface area contributed by atoms with Gasteiger partial charge in [-0.25, -0.2) is 0 Å². The number of carbonyl (C=O) groups is 1. The molecule has 0 unspecified atom stereocenters. The predicted octanol–water partition coefficient (Wildman–Crippen LogP) is 3.68. The highest BCUT2D eigenvalue weighted by Gasteiger charge is 2.11. The summed E-state index contributed by atoms with van der Waals surface area (Å²) in [6, 6.07) is 9.30. The molecule has 0 fully saturated rings. The van der Waals surface area contributed by atoms with Crippen LogP contribution in [0.2, 0.25) is 5.02 Å². The van der Waals surface area contributed by atoms with Gasteiger partial charge in [-0.05, 0) is 37.3 Å². The first-order valence-electron chi connectivity index (χ1n) is 5.91. The van der Waals surface area contributed by atoms with E-state index in [1.807, 2.05) is 19.1 Å². The van der Waals surface area contributed by atoms with Crippen LogP contribution in [-0.2, 0) is 6.54 Å². The SMILES string of the molecule is CNc1ccc(Cl)cc1C(=O)NCc1ccc(C)s1. The second-order valence-corrected chi connectivity index (χ2v) is 5.94. The molecule has 2 rings (SSSR count). The van der Waals surface area contributed by atoms with Crippen molar-refractivity contribution in [2.24, 2.45) is 0 Å². The Kier molecular flexibility index (Phi) is 4.45. The third-order valence-corrected chi connectivity index (χ3v) is 3.95. The number of thiophene rings is 1. The normalized spacial score (nSPS) is 10.3. The van der Waals surface area contributed by atoms with Gasteiger partial charge in [-0.2, -0.15) is 0 Å². The van der Waals surface area contributed by atoms with Gasteiger partial charge < -0.3 is 10.6 Å². The number of anilines is 1. The summed E-state index contributed by atoms with van der Waals surface area (Å²) in [5.41, 5.74) is 1.33. The largest absolute Gasteiger partial charge is 0.387 e. The number of hydrogen-bond donors (Lipinski definition) is 2. The molecule has 0 atom stereocenters. The number of halogens is 1. The standard InChI is InChI=1S/C14H15ClN2OS/c1-9-3-5-11(19-9)8-17-14(18)12-7-10(15)4-6-13(12)16-2/h3-7,16H,8H2,1-2H3,(H,17,18). The van der Waals surface area contributed by atoms with Crippen LogP contribution in [-0.4, -0.2) is 13.0 Å². The molecule has 1 aromatic carbocycles. The van der Waals surface area contributed by atoms with Gasteiger partial charge in [0.15, 0.2) is 0 Å². The van der Waals surface area contributed by atoms with Gasteiger partial charge in [0.25, 0.3) is 5.91 Å². The van der Waals surface area contributed by atoms with Gasteiger partial charge in [-0.1, -0.05) is 11.6 Å². The minimum Gasteiger partial charge on any atom is -0.387 e. The molecule has 0 bridgehead atoms. The Morgan fingerprint density at radius 1 is 1.32 bits per heavy atom. The number of rotatable bonds is 4. The molecule has 0 saturated heterocycles. The molecule has 0 spiro atoms. The van der Waals surface area contributed by atoms with Crippen LogP contribution in [0.5, 0.6) is 0 Å². The van der Waals surface area contributed by atoms with E-state index in [4.69, 9.17) is 11.6 Å². The quantitative estimate of drug-likeness (QED) is 0.903. The Balaban J connectivity index is 2.09. The monoisotopic (exact) mass is 294 g/mol. The van der Waals surface area contributed by atoms with E-state index < -0.39 is 0 Å². The molecule has 0 aliphatic carbocycles. The molecule has 0 radical (unpaired) electrons. The average molecular weight is 295 g/mol. The summed E-state index contributed by atoms with van der Waals surface area (Å²) in [7, 11) is 1.78. The van der Waals surface area contributed by atoms with Crippen molar-refractivity contribution in [2.75, 3.05) is 12.4 Å². The minimum absolute atomic E-state index is 0.127. The lowest BCUT2D eigenvalue weighted by atomic mass is 10.1. The molecule has 0 saturated carbocycles. The highest BCUT2D eigenvalue weighted by Crippen LogP contribution is 2.21. The maximum absolute atomic E-state index is 12.2. The number of benzene rings is 1. The number of nitrogens with one attached hydrogen (secondary N) is 2. The Labute approximate surface area is 121 Å². The molecule has 2 aromatic rings. The summed E-state index contributed by atoms with van der Waals surface area (Å²) in [6.07, 6.45) is 0. The van der Waals surface area contributed by atoms with Crippen LogP contribution in [0.15, 0.2) is 30.3 Å². The van der Waals surface area contributed by atoms with Crippen LogP contribution in [0.4, 0.5) is 5.69 Å². The second kappa shape index (κ2) is 6.08. The zero-order valence-corrected chi connectivity index (χ0v) is 12.4. The number of aryl methyl sites for hydroxylation is 1. The van der Waals surface area contributed by atoms with E-state index in [-0.39, 0.29) is 5.91 Å². The van der Waals surface area contributed by atoms with Gasteiger partial charge in [0.2, 0.25) is 0 Å². The number of hydrogen-bond acceptors (Lipinski definition) is 3. The van der Waals surface area contributed by atoms with Crippen LogP contribution in [0, 0.1) is 6.92 Å². The summed E-state index contributed by atoms with van der Waals surface area (Å²) in [6.45, 7) is 2.58. The molecule has 100 valence electrons. The third-order valence-electron chi connectivity index (χ3n) is 2.71. The van der Waals surface area contributed by atoms with Gasteiger partial charge in [0, 0.05) is 27.5 Å². The molecular weight excluding hydrogens is 280 g/mol. The molecule has 19 heavy (non-hydrogen) atoms. The smallest absolute Gasteiger partial charge is 0.253 e. The van der Waals surface area contributed by atoms with E-state index in [1.54, 1.807) is 36.6 Å². The zero-order chi connectivity index (χ0) is 13.8. The lowest BCUT2D eigenvalue weighted by Crippen LogP contribution is -2.23. The average Bonchev–Trinajstić information content (AvgIpc) is 2.81. The summed E-state index contributed by atoms with van der Waals surface area (Å²) in [5.74, 6) is -0.127. The van der Waals surface area contributed by atoms with Crippen LogP contribution in [0.3, 0.4) is 0 Å². The first-order valence-corrected chi connectivity index (χ1v) is 7.10. The highest BCUT2D eigenvalue weighted by atomic mass is 35.5. The number of amides is 1. The van der Waals surface area contributed by atoms with Gasteiger partial charge in [0.1, 0.15) is 0 Å². The van der Waals surface area contributed by atoms with Crippen molar-refractivity contribution >= 4 is 34.5 Å². The van der Waals surface area contributed by atoms with Crippen LogP contribution < -0.4 is 10.6 Å². The summed E-state index contributed by atoms with van der Waals surface area (Å²) in [4.78, 5) is 14.5. The van der Waals surface area contributed by atoms with Gasteiger partial charge in [-0.3, -0.25) is 4.79 Å². The lowest BCUT2D eigenvalue weighted by molar-refractivity contribution is 0.0952. The fraction of sp³-hybridized carbons (Fsp3) is 0.214. The van der Waals surface area contributed by atoms with E-state index in [0.29, 0.717) is 17.1 Å². The molecule has 0 aliphatic rings. The zero-order valence-electron chi connectivity index (χ0n) is 10.8. The molecule has 5 heteroatoms. The van der Waals surface area contributed by atoms with Crippen molar-refractivity contribution in [1.29, 1.82) is 0 Å². The van der Waals surface area contributed by atoms with E-state index >= 15 is 0 Å². The molecule has 2 N–H and O–H groups in total. The van der Waals surface area contributed by atoms with Crippen molar-refractivity contribution in [3.05, 3.63) is 50.7 Å². The van der Waals surface area contributed by atoms with Gasteiger partial charge >= 0.3 is 0 Å². The maximum Gasteiger partial charge on any atom is 0.253 e. The second-order valence-electron chi connectivity index (χ2n) is 4.13. The van der Waals surface area contributed by atoms with Crippen LogP contribution >= 0.6 is 22.9 Å². The molecule has 3 nitrogen and oxygen atoms in total. The molecule has 1 amide bonds. The first kappa shape index (κ1) is 13.9. The fourth-order valence-electron chi connectivity index (χ4n) is 1.77. The fourth-order valence-corrected chi connectivity index (χ4v) is 2.77. The summed E-state index contributed by atoms with van der Waals surface area (Å²) in [5, 5.41) is 6.44. The Hall–Kier alpha value is -1.52. The molecule has 1 heterocycles. The minimum atomic E-state index is -0.127. The van der Waals surface area contributed by atoms with Crippen molar-refractivity contribution in [1.82, 2.24) is 5.32 Å². The van der Waals surface area contributed by atoms with E-state index in [2.05, 4.69) is 10.6 Å². The molecular formula is C14H15ClN2OS. The van der Waals surface area contributed by atoms with Crippen LogP contribution in [0.1, 0.15) is 20.1 Å². The van der Waals surface area contributed by atoms with E-state index in [1.165, 1.54) is 4.88 Å².